The average Bonchev–Trinajstić information content (AvgIpc) is 2.51. The SMILES string of the molecule is COc1ccc(F)cc1[C@@H](C)NCC(=O)N1C[C@@H](C)O[C@@H](C)C1. The molecule has 1 saturated heterocycles. The van der Waals surface area contributed by atoms with Crippen LogP contribution in [0.4, 0.5) is 4.39 Å². The lowest BCUT2D eigenvalue weighted by Crippen LogP contribution is -2.50. The highest BCUT2D eigenvalue weighted by Crippen LogP contribution is 2.25. The van der Waals surface area contributed by atoms with Crippen molar-refractivity contribution in [3.05, 3.63) is 29.6 Å². The summed E-state index contributed by atoms with van der Waals surface area (Å²) in [5, 5.41) is 3.15. The van der Waals surface area contributed by atoms with E-state index in [0.29, 0.717) is 24.4 Å². The van der Waals surface area contributed by atoms with E-state index in [0.717, 1.165) is 0 Å². The van der Waals surface area contributed by atoms with Crippen LogP contribution in [0.25, 0.3) is 0 Å². The molecule has 0 spiro atoms. The number of morpholine rings is 1. The number of benzene rings is 1. The molecule has 1 N–H and O–H groups in total. The number of carbonyl (C=O) groups excluding carboxylic acids is 1. The lowest BCUT2D eigenvalue weighted by Gasteiger charge is -2.35. The molecule has 1 heterocycles. The molecule has 0 aromatic heterocycles. The van der Waals surface area contributed by atoms with Crippen LogP contribution in [-0.4, -0.2) is 49.8 Å². The molecule has 1 aliphatic heterocycles. The Labute approximate surface area is 136 Å². The molecule has 0 radical (unpaired) electrons. The second kappa shape index (κ2) is 7.75. The van der Waals surface area contributed by atoms with Gasteiger partial charge in [0.2, 0.25) is 5.91 Å². The minimum Gasteiger partial charge on any atom is -0.496 e. The van der Waals surface area contributed by atoms with Gasteiger partial charge in [0.25, 0.3) is 0 Å². The summed E-state index contributed by atoms with van der Waals surface area (Å²) in [6.07, 6.45) is 0.0897. The maximum Gasteiger partial charge on any atom is 0.236 e. The quantitative estimate of drug-likeness (QED) is 0.901. The largest absolute Gasteiger partial charge is 0.496 e. The van der Waals surface area contributed by atoms with Gasteiger partial charge in [-0.15, -0.1) is 0 Å². The van der Waals surface area contributed by atoms with Crippen LogP contribution >= 0.6 is 0 Å². The zero-order chi connectivity index (χ0) is 17.0. The summed E-state index contributed by atoms with van der Waals surface area (Å²) < 4.78 is 24.3. The van der Waals surface area contributed by atoms with Crippen molar-refractivity contribution in [3.63, 3.8) is 0 Å². The van der Waals surface area contributed by atoms with Gasteiger partial charge < -0.3 is 19.7 Å². The van der Waals surface area contributed by atoms with Gasteiger partial charge in [-0.3, -0.25) is 4.79 Å². The predicted molar refractivity (Wildman–Crippen MR) is 86.0 cm³/mol. The van der Waals surface area contributed by atoms with Crippen LogP contribution in [0.1, 0.15) is 32.4 Å². The van der Waals surface area contributed by atoms with Crippen LogP contribution in [-0.2, 0) is 9.53 Å². The number of ether oxygens (including phenoxy) is 2. The van der Waals surface area contributed by atoms with E-state index >= 15 is 0 Å². The molecule has 1 fully saturated rings. The molecule has 0 bridgehead atoms. The van der Waals surface area contributed by atoms with Crippen molar-refractivity contribution in [3.8, 4) is 5.75 Å². The minimum absolute atomic E-state index is 0.0224. The Morgan fingerprint density at radius 2 is 2.09 bits per heavy atom. The highest BCUT2D eigenvalue weighted by Gasteiger charge is 2.26. The van der Waals surface area contributed by atoms with Crippen molar-refractivity contribution in [2.75, 3.05) is 26.7 Å². The van der Waals surface area contributed by atoms with Crippen molar-refractivity contribution in [1.29, 1.82) is 0 Å². The minimum atomic E-state index is -0.323. The Morgan fingerprint density at radius 3 is 2.70 bits per heavy atom. The molecule has 2 rings (SSSR count). The standard InChI is InChI=1S/C17H25FN2O3/c1-11-9-20(10-12(2)23-11)17(21)8-19-13(3)15-7-14(18)5-6-16(15)22-4/h5-7,11-13,19H,8-10H2,1-4H3/t11-,12+,13-/m1/s1. The number of nitrogens with zero attached hydrogens (tertiary/aromatic N) is 1. The van der Waals surface area contributed by atoms with E-state index in [1.165, 1.54) is 12.1 Å². The van der Waals surface area contributed by atoms with Gasteiger partial charge in [-0.2, -0.15) is 0 Å². The highest BCUT2D eigenvalue weighted by molar-refractivity contribution is 5.78. The molecule has 1 aliphatic rings. The van der Waals surface area contributed by atoms with Gasteiger partial charge in [-0.1, -0.05) is 0 Å². The monoisotopic (exact) mass is 324 g/mol. The summed E-state index contributed by atoms with van der Waals surface area (Å²) in [5.74, 6) is 0.304. The average molecular weight is 324 g/mol. The third-order valence-corrected chi connectivity index (χ3v) is 3.99. The fourth-order valence-electron chi connectivity index (χ4n) is 2.89. The molecule has 6 heteroatoms. The van der Waals surface area contributed by atoms with E-state index in [2.05, 4.69) is 5.32 Å². The van der Waals surface area contributed by atoms with Crippen molar-refractivity contribution < 1.29 is 18.7 Å². The maximum atomic E-state index is 13.4. The first-order chi connectivity index (χ1) is 10.9. The second-order valence-corrected chi connectivity index (χ2v) is 6.04. The highest BCUT2D eigenvalue weighted by atomic mass is 19.1. The van der Waals surface area contributed by atoms with Gasteiger partial charge >= 0.3 is 0 Å². The van der Waals surface area contributed by atoms with Crippen molar-refractivity contribution in [2.24, 2.45) is 0 Å². The van der Waals surface area contributed by atoms with E-state index in [1.807, 2.05) is 20.8 Å². The molecule has 1 amide bonds. The molecular weight excluding hydrogens is 299 g/mol. The molecule has 23 heavy (non-hydrogen) atoms. The van der Waals surface area contributed by atoms with Crippen LogP contribution in [0.3, 0.4) is 0 Å². The van der Waals surface area contributed by atoms with Crippen LogP contribution < -0.4 is 10.1 Å². The summed E-state index contributed by atoms with van der Waals surface area (Å²) in [4.78, 5) is 14.2. The molecule has 1 aromatic carbocycles. The number of hydrogen-bond donors (Lipinski definition) is 1. The molecule has 0 aliphatic carbocycles. The zero-order valence-corrected chi connectivity index (χ0v) is 14.1. The number of hydrogen-bond acceptors (Lipinski definition) is 4. The van der Waals surface area contributed by atoms with Gasteiger partial charge in [0.15, 0.2) is 0 Å². The Bertz CT molecular complexity index is 543. The summed E-state index contributed by atoms with van der Waals surface area (Å²) in [7, 11) is 1.55. The summed E-state index contributed by atoms with van der Waals surface area (Å²) in [5.41, 5.74) is 0.698. The van der Waals surface area contributed by atoms with Crippen LogP contribution in [0.2, 0.25) is 0 Å². The number of halogens is 1. The molecule has 128 valence electrons. The molecule has 0 saturated carbocycles. The third-order valence-electron chi connectivity index (χ3n) is 3.99. The fourth-order valence-corrected chi connectivity index (χ4v) is 2.89. The van der Waals surface area contributed by atoms with Crippen molar-refractivity contribution >= 4 is 5.91 Å². The van der Waals surface area contributed by atoms with Gasteiger partial charge in [0.05, 0.1) is 25.9 Å². The van der Waals surface area contributed by atoms with Crippen molar-refractivity contribution in [1.82, 2.24) is 10.2 Å². The Morgan fingerprint density at radius 1 is 1.43 bits per heavy atom. The van der Waals surface area contributed by atoms with Gasteiger partial charge in [-0.05, 0) is 39.0 Å². The summed E-state index contributed by atoms with van der Waals surface area (Å²) >= 11 is 0. The maximum absolute atomic E-state index is 13.4. The zero-order valence-electron chi connectivity index (χ0n) is 14.1. The lowest BCUT2D eigenvalue weighted by atomic mass is 10.1. The lowest BCUT2D eigenvalue weighted by molar-refractivity contribution is -0.142. The molecular formula is C17H25FN2O3. The fraction of sp³-hybridized carbons (Fsp3) is 0.588. The Hall–Kier alpha value is -1.66. The second-order valence-electron chi connectivity index (χ2n) is 6.04. The van der Waals surface area contributed by atoms with E-state index in [-0.39, 0.29) is 36.5 Å². The normalized spacial score (nSPS) is 22.7. The van der Waals surface area contributed by atoms with Crippen LogP contribution in [0.15, 0.2) is 18.2 Å². The summed E-state index contributed by atoms with van der Waals surface area (Å²) in [6, 6.07) is 4.19. The Balaban J connectivity index is 1.95. The number of amides is 1. The van der Waals surface area contributed by atoms with E-state index in [4.69, 9.17) is 9.47 Å². The molecule has 0 unspecified atom stereocenters. The molecule has 3 atom stereocenters. The van der Waals surface area contributed by atoms with E-state index in [9.17, 15) is 9.18 Å². The molecule has 1 aromatic rings. The first kappa shape index (κ1) is 17.7. The van der Waals surface area contributed by atoms with E-state index in [1.54, 1.807) is 18.1 Å². The third kappa shape index (κ3) is 4.65. The van der Waals surface area contributed by atoms with Gasteiger partial charge in [0.1, 0.15) is 11.6 Å². The topological polar surface area (TPSA) is 50.8 Å². The van der Waals surface area contributed by atoms with E-state index < -0.39 is 0 Å². The Kier molecular flexibility index (Phi) is 5.96. The van der Waals surface area contributed by atoms with Crippen LogP contribution in [0, 0.1) is 5.82 Å². The number of methoxy groups -OCH3 is 1. The van der Waals surface area contributed by atoms with Gasteiger partial charge in [-0.25, -0.2) is 4.39 Å². The summed E-state index contributed by atoms with van der Waals surface area (Å²) in [6.45, 7) is 7.20. The van der Waals surface area contributed by atoms with Gasteiger partial charge in [0, 0.05) is 24.7 Å². The van der Waals surface area contributed by atoms with Crippen molar-refractivity contribution in [2.45, 2.75) is 39.0 Å². The van der Waals surface area contributed by atoms with Crippen LogP contribution in [0.5, 0.6) is 5.75 Å². The predicted octanol–water partition coefficient (Wildman–Crippen LogP) is 2.12. The number of carbonyl (C=O) groups is 1. The smallest absolute Gasteiger partial charge is 0.236 e. The first-order valence-corrected chi connectivity index (χ1v) is 7.90. The molecule has 5 nitrogen and oxygen atoms in total. The first-order valence-electron chi connectivity index (χ1n) is 7.90. The number of nitrogens with one attached hydrogen (secondary N) is 1. The number of rotatable bonds is 5.